The Morgan fingerprint density at radius 2 is 1.79 bits per heavy atom. The van der Waals surface area contributed by atoms with E-state index >= 15 is 0 Å². The minimum absolute atomic E-state index is 0.0500. The highest BCUT2D eigenvalue weighted by molar-refractivity contribution is 7.89. The van der Waals surface area contributed by atoms with Crippen LogP contribution in [-0.2, 0) is 32.6 Å². The molecule has 10 nitrogen and oxygen atoms in total. The number of aromatic nitrogens is 4. The van der Waals surface area contributed by atoms with Gasteiger partial charge in [-0.05, 0) is 41.5 Å². The van der Waals surface area contributed by atoms with Crippen LogP contribution in [0.3, 0.4) is 0 Å². The van der Waals surface area contributed by atoms with Gasteiger partial charge in [-0.3, -0.25) is 9.59 Å². The van der Waals surface area contributed by atoms with E-state index in [1.54, 1.807) is 37.3 Å². The second-order valence-electron chi connectivity index (χ2n) is 7.12. The number of benzene rings is 2. The second kappa shape index (κ2) is 10.4. The highest BCUT2D eigenvalue weighted by Gasteiger charge is 2.29. The smallest absolute Gasteiger partial charge is 0.305 e. The number of rotatable bonds is 10. The van der Waals surface area contributed by atoms with E-state index in [4.69, 9.17) is 23.2 Å². The molecule has 1 heterocycles. The summed E-state index contributed by atoms with van der Waals surface area (Å²) in [5, 5.41) is 21.7. The fraction of sp³-hybridized carbons (Fsp3) is 0.250. The number of nitrogens with one attached hydrogen (secondary N) is 1. The molecule has 0 spiro atoms. The average molecular weight is 512 g/mol. The number of aryl methyl sites for hydroxylation is 1. The Hall–Kier alpha value is -2.86. The Morgan fingerprint density at radius 3 is 2.42 bits per heavy atom. The Bertz CT molecular complexity index is 1280. The molecular weight excluding hydrogens is 493 g/mol. The van der Waals surface area contributed by atoms with E-state index in [9.17, 15) is 23.1 Å². The first-order chi connectivity index (χ1) is 15.6. The second-order valence-corrected chi connectivity index (χ2v) is 9.61. The molecule has 3 rings (SSSR count). The molecule has 0 fully saturated rings. The standard InChI is InChI=1S/C20H19Cl2N5O5S/c1-12-5-2-3-8-18(12)33(31,32)25-16(10-20(29)30)17(28)11-27-24-19(23-26-27)9-13-14(21)6-4-7-15(13)22/h2-8,16,25H,9-11H2,1H3,(H,29,30). The van der Waals surface area contributed by atoms with Crippen molar-refractivity contribution in [2.45, 2.75) is 37.2 Å². The van der Waals surface area contributed by atoms with Crippen LogP contribution in [0.4, 0.5) is 0 Å². The predicted octanol–water partition coefficient (Wildman–Crippen LogP) is 2.27. The quantitative estimate of drug-likeness (QED) is 0.421. The number of ketones is 1. The number of carboxylic acids is 1. The summed E-state index contributed by atoms with van der Waals surface area (Å²) in [6.45, 7) is 1.10. The summed E-state index contributed by atoms with van der Waals surface area (Å²) in [7, 11) is -4.15. The molecular formula is C20H19Cl2N5O5S. The average Bonchev–Trinajstić information content (AvgIpc) is 3.17. The van der Waals surface area contributed by atoms with Crippen molar-refractivity contribution in [1.29, 1.82) is 0 Å². The predicted molar refractivity (Wildman–Crippen MR) is 120 cm³/mol. The Labute approximate surface area is 199 Å². The van der Waals surface area contributed by atoms with Crippen molar-refractivity contribution in [3.63, 3.8) is 0 Å². The van der Waals surface area contributed by atoms with Crippen molar-refractivity contribution in [3.05, 3.63) is 69.5 Å². The molecule has 3 aromatic rings. The van der Waals surface area contributed by atoms with Crippen LogP contribution in [0, 0.1) is 6.92 Å². The van der Waals surface area contributed by atoms with Crippen molar-refractivity contribution in [3.8, 4) is 0 Å². The van der Waals surface area contributed by atoms with Gasteiger partial charge >= 0.3 is 5.97 Å². The first-order valence-corrected chi connectivity index (χ1v) is 11.8. The van der Waals surface area contributed by atoms with Crippen molar-refractivity contribution >= 4 is 45.0 Å². The lowest BCUT2D eigenvalue weighted by Gasteiger charge is -2.16. The zero-order valence-electron chi connectivity index (χ0n) is 17.3. The first kappa shape index (κ1) is 24.8. The number of sulfonamides is 1. The van der Waals surface area contributed by atoms with Gasteiger partial charge in [-0.2, -0.15) is 9.52 Å². The molecule has 0 radical (unpaired) electrons. The topological polar surface area (TPSA) is 144 Å². The molecule has 2 N–H and O–H groups in total. The fourth-order valence-corrected chi connectivity index (χ4v) is 5.02. The van der Waals surface area contributed by atoms with Crippen LogP contribution >= 0.6 is 23.2 Å². The van der Waals surface area contributed by atoms with Gasteiger partial charge in [-0.1, -0.05) is 47.5 Å². The third-order valence-corrected chi connectivity index (χ3v) is 6.98. The maximum Gasteiger partial charge on any atom is 0.305 e. The Balaban J connectivity index is 1.76. The maximum absolute atomic E-state index is 12.8. The molecule has 0 bridgehead atoms. The molecule has 174 valence electrons. The number of hydrogen-bond donors (Lipinski definition) is 2. The summed E-state index contributed by atoms with van der Waals surface area (Å²) in [6, 6.07) is 9.64. The van der Waals surface area contributed by atoms with Crippen LogP contribution < -0.4 is 4.72 Å². The lowest BCUT2D eigenvalue weighted by atomic mass is 10.1. The van der Waals surface area contributed by atoms with Crippen LogP contribution in [-0.4, -0.2) is 51.5 Å². The summed E-state index contributed by atoms with van der Waals surface area (Å²) >= 11 is 12.3. The number of aliphatic carboxylic acids is 1. The number of halogens is 2. The van der Waals surface area contributed by atoms with Gasteiger partial charge in [0.05, 0.1) is 17.4 Å². The molecule has 0 saturated carbocycles. The largest absolute Gasteiger partial charge is 0.481 e. The lowest BCUT2D eigenvalue weighted by molar-refractivity contribution is -0.139. The van der Waals surface area contributed by atoms with E-state index in [-0.39, 0.29) is 17.1 Å². The van der Waals surface area contributed by atoms with Crippen molar-refractivity contribution in [2.75, 3.05) is 0 Å². The third kappa shape index (κ3) is 6.35. The number of nitrogens with zero attached hydrogens (tertiary/aromatic N) is 4. The van der Waals surface area contributed by atoms with Gasteiger partial charge in [0, 0.05) is 16.5 Å². The van der Waals surface area contributed by atoms with Crippen molar-refractivity contribution < 1.29 is 23.1 Å². The lowest BCUT2D eigenvalue weighted by Crippen LogP contribution is -2.44. The molecule has 2 aromatic carbocycles. The first-order valence-electron chi connectivity index (χ1n) is 9.59. The van der Waals surface area contributed by atoms with E-state index < -0.39 is 40.8 Å². The van der Waals surface area contributed by atoms with Gasteiger partial charge in [0.2, 0.25) is 10.0 Å². The van der Waals surface area contributed by atoms with Gasteiger partial charge in [-0.15, -0.1) is 10.2 Å². The molecule has 1 atom stereocenters. The van der Waals surface area contributed by atoms with Crippen LogP contribution in [0.25, 0.3) is 0 Å². The van der Waals surface area contributed by atoms with Crippen molar-refractivity contribution in [1.82, 2.24) is 24.9 Å². The van der Waals surface area contributed by atoms with E-state index in [1.165, 1.54) is 12.1 Å². The van der Waals surface area contributed by atoms with Crippen LogP contribution in [0.2, 0.25) is 10.0 Å². The third-order valence-electron chi connectivity index (χ3n) is 4.64. The van der Waals surface area contributed by atoms with Gasteiger partial charge in [0.25, 0.3) is 0 Å². The summed E-state index contributed by atoms with van der Waals surface area (Å²) in [4.78, 5) is 24.9. The molecule has 1 aromatic heterocycles. The normalized spacial score (nSPS) is 12.5. The van der Waals surface area contributed by atoms with Gasteiger partial charge in [-0.25, -0.2) is 8.42 Å². The molecule has 0 aliphatic rings. The zero-order valence-corrected chi connectivity index (χ0v) is 19.6. The molecule has 33 heavy (non-hydrogen) atoms. The minimum Gasteiger partial charge on any atom is -0.481 e. The van der Waals surface area contributed by atoms with E-state index in [2.05, 4.69) is 20.1 Å². The number of tetrazole rings is 1. The molecule has 0 saturated heterocycles. The van der Waals surface area contributed by atoms with Crippen LogP contribution in [0.15, 0.2) is 47.4 Å². The SMILES string of the molecule is Cc1ccccc1S(=O)(=O)NC(CC(=O)O)C(=O)Cn1nnc(Cc2c(Cl)cccc2Cl)n1. The fourth-order valence-electron chi connectivity index (χ4n) is 3.03. The maximum atomic E-state index is 12.8. The summed E-state index contributed by atoms with van der Waals surface area (Å²) in [5.41, 5.74) is 1.04. The molecule has 1 unspecified atom stereocenters. The zero-order chi connectivity index (χ0) is 24.2. The highest BCUT2D eigenvalue weighted by Crippen LogP contribution is 2.25. The van der Waals surface area contributed by atoms with Gasteiger partial charge < -0.3 is 5.11 Å². The molecule has 0 aliphatic heterocycles. The van der Waals surface area contributed by atoms with Crippen molar-refractivity contribution in [2.24, 2.45) is 0 Å². The van der Waals surface area contributed by atoms with E-state index in [0.717, 1.165) is 4.80 Å². The molecule has 0 aliphatic carbocycles. The summed E-state index contributed by atoms with van der Waals surface area (Å²) in [5.74, 6) is -1.86. The van der Waals surface area contributed by atoms with Gasteiger partial charge in [0.1, 0.15) is 6.54 Å². The summed E-state index contributed by atoms with van der Waals surface area (Å²) in [6.07, 6.45) is -0.591. The molecule has 13 heteroatoms. The van der Waals surface area contributed by atoms with Crippen LogP contribution in [0.5, 0.6) is 0 Å². The number of Topliss-reactive ketones (excluding diaryl/α,β-unsaturated/α-hetero) is 1. The van der Waals surface area contributed by atoms with Crippen LogP contribution in [0.1, 0.15) is 23.4 Å². The Morgan fingerprint density at radius 1 is 1.12 bits per heavy atom. The minimum atomic E-state index is -4.15. The number of carboxylic acid groups (broad SMARTS) is 1. The highest BCUT2D eigenvalue weighted by atomic mass is 35.5. The summed E-state index contributed by atoms with van der Waals surface area (Å²) < 4.78 is 27.7. The van der Waals surface area contributed by atoms with Gasteiger partial charge in [0.15, 0.2) is 11.6 Å². The van der Waals surface area contributed by atoms with E-state index in [0.29, 0.717) is 21.2 Å². The molecule has 0 amide bonds. The number of carbonyl (C=O) groups is 2. The number of hydrogen-bond acceptors (Lipinski definition) is 7. The number of carbonyl (C=O) groups excluding carboxylic acids is 1. The van der Waals surface area contributed by atoms with E-state index in [1.807, 2.05) is 0 Å². The monoisotopic (exact) mass is 511 g/mol. The Kier molecular flexibility index (Phi) is 7.80.